The van der Waals surface area contributed by atoms with Gasteiger partial charge in [-0.15, -0.1) is 0 Å². The molecule has 0 bridgehead atoms. The summed E-state index contributed by atoms with van der Waals surface area (Å²) in [6.45, 7) is 3.61. The second-order valence-corrected chi connectivity index (χ2v) is 18.3. The fourth-order valence-corrected chi connectivity index (χ4v) is 7.70. The van der Waals surface area contributed by atoms with Gasteiger partial charge in [-0.1, -0.05) is 206 Å². The monoisotopic (exact) mass is 962 g/mol. The lowest BCUT2D eigenvalue weighted by molar-refractivity contribution is -0.302. The van der Waals surface area contributed by atoms with E-state index in [1.54, 1.807) is 6.08 Å². The maximum absolute atomic E-state index is 13.0. The summed E-state index contributed by atoms with van der Waals surface area (Å²) in [5, 5.41) is 54.4. The lowest BCUT2D eigenvalue weighted by atomic mass is 9.99. The number of carbonyl (C=O) groups excluding carboxylic acids is 1. The van der Waals surface area contributed by atoms with Crippen LogP contribution in [0.3, 0.4) is 0 Å². The molecule has 1 aliphatic heterocycles. The largest absolute Gasteiger partial charge is 0.394 e. The third-order valence-corrected chi connectivity index (χ3v) is 12.0. The highest BCUT2D eigenvalue weighted by molar-refractivity contribution is 5.76. The summed E-state index contributed by atoms with van der Waals surface area (Å²) in [7, 11) is 0. The van der Waals surface area contributed by atoms with Crippen molar-refractivity contribution in [1.82, 2.24) is 5.32 Å². The van der Waals surface area contributed by atoms with Crippen LogP contribution in [0.25, 0.3) is 0 Å². The summed E-state index contributed by atoms with van der Waals surface area (Å²) >= 11 is 0. The van der Waals surface area contributed by atoms with Crippen molar-refractivity contribution in [1.29, 1.82) is 0 Å². The average Bonchev–Trinajstić information content (AvgIpc) is 3.35. The third kappa shape index (κ3) is 38.0. The predicted octanol–water partition coefficient (Wildman–Crippen LogP) is 13.2. The first-order valence-electron chi connectivity index (χ1n) is 27.3. The van der Waals surface area contributed by atoms with Crippen molar-refractivity contribution in [2.75, 3.05) is 13.2 Å². The number of carbonyl (C=O) groups is 1. The fourth-order valence-electron chi connectivity index (χ4n) is 7.70. The predicted molar refractivity (Wildman–Crippen MR) is 290 cm³/mol. The van der Waals surface area contributed by atoms with E-state index in [1.165, 1.54) is 57.8 Å². The van der Waals surface area contributed by atoms with Gasteiger partial charge in [0.2, 0.25) is 5.91 Å². The second-order valence-electron chi connectivity index (χ2n) is 18.3. The number of hydrogen-bond donors (Lipinski definition) is 6. The second kappa shape index (κ2) is 48.2. The number of rotatable bonds is 44. The Balaban J connectivity index is 2.33. The van der Waals surface area contributed by atoms with E-state index in [9.17, 15) is 30.3 Å². The maximum Gasteiger partial charge on any atom is 0.220 e. The van der Waals surface area contributed by atoms with E-state index in [0.29, 0.717) is 6.42 Å². The van der Waals surface area contributed by atoms with E-state index in [2.05, 4.69) is 129 Å². The van der Waals surface area contributed by atoms with Gasteiger partial charge in [0.05, 0.1) is 25.4 Å². The Kier molecular flexibility index (Phi) is 44.5. The molecule has 0 aromatic rings. The van der Waals surface area contributed by atoms with E-state index in [1.807, 2.05) is 6.08 Å². The van der Waals surface area contributed by atoms with Crippen molar-refractivity contribution in [3.63, 3.8) is 0 Å². The molecule has 9 heteroatoms. The Morgan fingerprint density at radius 1 is 0.507 bits per heavy atom. The standard InChI is InChI=1S/C60H99NO8/c1-3-5-7-9-11-13-15-17-19-21-23-24-25-26-27-28-29-30-32-34-36-38-40-42-44-46-48-50-56(64)61-53(52-68-60-59(67)58(66)57(65)55(51-62)69-60)54(63)49-47-45-43-41-39-37-35-33-31-22-20-18-16-14-12-10-8-6-4-2/h5,7,11,13,17,19,23-24,26-27,29-31,33-34,36,39,41,47,49,53-55,57-60,62-63,65-67H,3-4,6,8-10,12,14-16,18,20-22,25,28,32,35,37-38,40,42-46,48,50-52H2,1-2H3,(H,61,64)/b7-5-,13-11-,19-17-,24-23-,27-26-,30-29-,33-31+,36-34-,41-39+,49-47+. The number of allylic oxidation sites excluding steroid dienone is 19. The Hall–Kier alpha value is -3.41. The Morgan fingerprint density at radius 3 is 1.39 bits per heavy atom. The summed E-state index contributed by atoms with van der Waals surface area (Å²) in [5.41, 5.74) is 0. The van der Waals surface area contributed by atoms with Gasteiger partial charge in [-0.2, -0.15) is 0 Å². The summed E-state index contributed by atoms with van der Waals surface area (Å²) in [4.78, 5) is 13.0. The van der Waals surface area contributed by atoms with Gasteiger partial charge in [-0.05, 0) is 103 Å². The van der Waals surface area contributed by atoms with Crippen molar-refractivity contribution in [3.8, 4) is 0 Å². The van der Waals surface area contributed by atoms with E-state index in [0.717, 1.165) is 116 Å². The Morgan fingerprint density at radius 2 is 0.913 bits per heavy atom. The molecule has 0 aromatic carbocycles. The number of unbranched alkanes of at least 4 members (excludes halogenated alkanes) is 16. The molecule has 0 aliphatic carbocycles. The molecule has 6 N–H and O–H groups in total. The molecular formula is C60H99NO8. The zero-order valence-corrected chi connectivity index (χ0v) is 43.3. The highest BCUT2D eigenvalue weighted by Crippen LogP contribution is 2.22. The molecule has 0 spiro atoms. The number of amides is 1. The Bertz CT molecular complexity index is 1490. The van der Waals surface area contributed by atoms with Crippen molar-refractivity contribution in [3.05, 3.63) is 122 Å². The molecule has 1 heterocycles. The molecule has 9 nitrogen and oxygen atoms in total. The molecule has 0 aromatic heterocycles. The minimum absolute atomic E-state index is 0.215. The van der Waals surface area contributed by atoms with Crippen molar-refractivity contribution >= 4 is 5.91 Å². The normalized spacial score (nSPS) is 20.5. The SMILES string of the molecule is CC/C=C\C/C=C\C/C=C\C/C=C\C/C=C\C/C=C\C/C=C\CCCCCCCC(=O)NC(COC1OC(CO)C(O)C(O)C1O)C(O)/C=C/CC/C=C/CC/C=C/CCCCCCCCCCC. The first-order valence-corrected chi connectivity index (χ1v) is 27.3. The van der Waals surface area contributed by atoms with E-state index in [4.69, 9.17) is 9.47 Å². The lowest BCUT2D eigenvalue weighted by Crippen LogP contribution is -2.60. The van der Waals surface area contributed by atoms with Gasteiger partial charge in [0.1, 0.15) is 24.4 Å². The molecule has 1 fully saturated rings. The number of aliphatic hydroxyl groups excluding tert-OH is 5. The van der Waals surface area contributed by atoms with Gasteiger partial charge in [0.15, 0.2) is 6.29 Å². The maximum atomic E-state index is 13.0. The van der Waals surface area contributed by atoms with Gasteiger partial charge < -0.3 is 40.3 Å². The highest BCUT2D eigenvalue weighted by atomic mass is 16.7. The molecule has 1 amide bonds. The average molecular weight is 962 g/mol. The first kappa shape index (κ1) is 63.6. The van der Waals surface area contributed by atoms with Gasteiger partial charge in [-0.25, -0.2) is 0 Å². The minimum atomic E-state index is -1.59. The first-order chi connectivity index (χ1) is 33.8. The van der Waals surface area contributed by atoms with Gasteiger partial charge >= 0.3 is 0 Å². The minimum Gasteiger partial charge on any atom is -0.394 e. The van der Waals surface area contributed by atoms with E-state index >= 15 is 0 Å². The molecule has 7 unspecified atom stereocenters. The van der Waals surface area contributed by atoms with E-state index in [-0.39, 0.29) is 12.5 Å². The van der Waals surface area contributed by atoms with Gasteiger partial charge in [0.25, 0.3) is 0 Å². The van der Waals surface area contributed by atoms with Crippen LogP contribution >= 0.6 is 0 Å². The lowest BCUT2D eigenvalue weighted by Gasteiger charge is -2.40. The molecule has 1 saturated heterocycles. The third-order valence-electron chi connectivity index (χ3n) is 12.0. The van der Waals surface area contributed by atoms with Crippen LogP contribution in [0.4, 0.5) is 0 Å². The highest BCUT2D eigenvalue weighted by Gasteiger charge is 2.44. The summed E-state index contributed by atoms with van der Waals surface area (Å²) in [6, 6.07) is -0.848. The van der Waals surface area contributed by atoms with Crippen LogP contribution in [0.2, 0.25) is 0 Å². The quantitative estimate of drug-likeness (QED) is 0.0261. The van der Waals surface area contributed by atoms with Crippen LogP contribution in [-0.4, -0.2) is 87.5 Å². The molecular weight excluding hydrogens is 863 g/mol. The summed E-state index contributed by atoms with van der Waals surface area (Å²) < 4.78 is 11.2. The van der Waals surface area contributed by atoms with Crippen LogP contribution in [0, 0.1) is 0 Å². The fraction of sp³-hybridized carbons (Fsp3) is 0.650. The summed E-state index contributed by atoms with van der Waals surface area (Å²) in [5.74, 6) is -0.215. The zero-order valence-electron chi connectivity index (χ0n) is 43.3. The van der Waals surface area contributed by atoms with Crippen LogP contribution in [0.1, 0.15) is 194 Å². The van der Waals surface area contributed by atoms with E-state index < -0.39 is 49.5 Å². The zero-order chi connectivity index (χ0) is 50.1. The van der Waals surface area contributed by atoms with Crippen molar-refractivity contribution in [2.24, 2.45) is 0 Å². The molecule has 0 radical (unpaired) electrons. The van der Waals surface area contributed by atoms with Crippen LogP contribution < -0.4 is 5.32 Å². The molecule has 392 valence electrons. The molecule has 1 rings (SSSR count). The number of nitrogens with one attached hydrogen (secondary N) is 1. The number of ether oxygens (including phenoxy) is 2. The smallest absolute Gasteiger partial charge is 0.220 e. The molecule has 1 aliphatic rings. The van der Waals surface area contributed by atoms with Gasteiger partial charge in [-0.3, -0.25) is 4.79 Å². The molecule has 7 atom stereocenters. The molecule has 69 heavy (non-hydrogen) atoms. The number of hydrogen-bond acceptors (Lipinski definition) is 8. The van der Waals surface area contributed by atoms with Crippen LogP contribution in [0.5, 0.6) is 0 Å². The van der Waals surface area contributed by atoms with Crippen molar-refractivity contribution < 1.29 is 39.8 Å². The van der Waals surface area contributed by atoms with Crippen LogP contribution in [-0.2, 0) is 14.3 Å². The van der Waals surface area contributed by atoms with Crippen LogP contribution in [0.15, 0.2) is 122 Å². The summed E-state index contributed by atoms with van der Waals surface area (Å²) in [6.07, 6.45) is 65.3. The topological polar surface area (TPSA) is 149 Å². The number of aliphatic hydroxyl groups is 5. The van der Waals surface area contributed by atoms with Crippen molar-refractivity contribution in [2.45, 2.75) is 236 Å². The molecule has 0 saturated carbocycles. The Labute approximate surface area is 420 Å². The van der Waals surface area contributed by atoms with Gasteiger partial charge in [0, 0.05) is 6.42 Å².